The van der Waals surface area contributed by atoms with E-state index in [0.29, 0.717) is 13.0 Å². The van der Waals surface area contributed by atoms with Crippen molar-refractivity contribution in [3.05, 3.63) is 89.0 Å². The lowest BCUT2D eigenvalue weighted by Gasteiger charge is -2.18. The molecule has 0 saturated carbocycles. The molecule has 0 fully saturated rings. The predicted molar refractivity (Wildman–Crippen MR) is 112 cm³/mol. The second-order valence-corrected chi connectivity index (χ2v) is 7.02. The molecule has 7 heteroatoms. The van der Waals surface area contributed by atoms with E-state index in [1.165, 1.54) is 12.1 Å². The summed E-state index contributed by atoms with van der Waals surface area (Å²) in [5.74, 6) is -0.457. The van der Waals surface area contributed by atoms with Gasteiger partial charge >= 0.3 is 0 Å². The molecule has 2 N–H and O–H groups in total. The topological polar surface area (TPSA) is 59.0 Å². The van der Waals surface area contributed by atoms with Gasteiger partial charge in [-0.15, -0.1) is 12.4 Å². The third kappa shape index (κ3) is 5.22. The van der Waals surface area contributed by atoms with Crippen LogP contribution in [-0.4, -0.2) is 22.2 Å². The summed E-state index contributed by atoms with van der Waals surface area (Å²) in [6.07, 6.45) is 0.296. The van der Waals surface area contributed by atoms with E-state index >= 15 is 0 Å². The summed E-state index contributed by atoms with van der Waals surface area (Å²) in [7, 11) is 0. The van der Waals surface area contributed by atoms with Crippen molar-refractivity contribution in [3.63, 3.8) is 0 Å². The van der Waals surface area contributed by atoms with Gasteiger partial charge in [0.1, 0.15) is 5.82 Å². The molecule has 1 unspecified atom stereocenters. The monoisotopic (exact) mass is 414 g/mol. The molecule has 3 aromatic rings. The Labute approximate surface area is 175 Å². The SMILES string of the molecule is Cl.O=C(CC(c1ccccc1)c1ccc(F)cc1)NCc1cc2n(n1)CCNC2. The minimum Gasteiger partial charge on any atom is -0.350 e. The fourth-order valence-corrected chi connectivity index (χ4v) is 3.59. The van der Waals surface area contributed by atoms with Gasteiger partial charge in [0.15, 0.2) is 0 Å². The molecule has 2 aromatic carbocycles. The van der Waals surface area contributed by atoms with Crippen LogP contribution in [0.4, 0.5) is 4.39 Å². The van der Waals surface area contributed by atoms with Gasteiger partial charge in [0.2, 0.25) is 5.91 Å². The molecule has 29 heavy (non-hydrogen) atoms. The highest BCUT2D eigenvalue weighted by Crippen LogP contribution is 2.28. The van der Waals surface area contributed by atoms with Crippen LogP contribution in [0.5, 0.6) is 0 Å². The summed E-state index contributed by atoms with van der Waals surface area (Å²) in [5, 5.41) is 10.8. The van der Waals surface area contributed by atoms with Crippen molar-refractivity contribution in [2.24, 2.45) is 0 Å². The highest BCUT2D eigenvalue weighted by Gasteiger charge is 2.19. The number of nitrogens with one attached hydrogen (secondary N) is 2. The molecule has 0 saturated heterocycles. The standard InChI is InChI=1S/C22H23FN4O.ClH/c23-18-8-6-17(7-9-18)21(16-4-2-1-3-5-16)13-22(28)25-14-19-12-20-15-24-10-11-27(20)26-19;/h1-9,12,21,24H,10-11,13-15H2,(H,25,28);1H. The van der Waals surface area contributed by atoms with Crippen LogP contribution in [0.3, 0.4) is 0 Å². The van der Waals surface area contributed by atoms with Gasteiger partial charge in [0.05, 0.1) is 24.5 Å². The number of nitrogens with zero attached hydrogens (tertiary/aromatic N) is 2. The minimum atomic E-state index is -0.279. The molecule has 5 nitrogen and oxygen atoms in total. The number of amides is 1. The van der Waals surface area contributed by atoms with Gasteiger partial charge in [-0.1, -0.05) is 42.5 Å². The number of rotatable bonds is 6. The first-order chi connectivity index (χ1) is 13.7. The van der Waals surface area contributed by atoms with Gasteiger partial charge in [0, 0.05) is 25.4 Å². The first-order valence-electron chi connectivity index (χ1n) is 9.52. The van der Waals surface area contributed by atoms with E-state index in [2.05, 4.69) is 15.7 Å². The smallest absolute Gasteiger partial charge is 0.221 e. The lowest BCUT2D eigenvalue weighted by Crippen LogP contribution is -2.28. The number of hydrogen-bond donors (Lipinski definition) is 2. The lowest BCUT2D eigenvalue weighted by molar-refractivity contribution is -0.121. The van der Waals surface area contributed by atoms with Gasteiger partial charge < -0.3 is 10.6 Å². The summed E-state index contributed by atoms with van der Waals surface area (Å²) < 4.78 is 15.3. The van der Waals surface area contributed by atoms with E-state index in [1.807, 2.05) is 41.1 Å². The Kier molecular flexibility index (Phi) is 7.01. The van der Waals surface area contributed by atoms with Crippen LogP contribution in [-0.2, 0) is 24.4 Å². The van der Waals surface area contributed by atoms with Crippen molar-refractivity contribution in [2.75, 3.05) is 6.54 Å². The van der Waals surface area contributed by atoms with E-state index in [9.17, 15) is 9.18 Å². The van der Waals surface area contributed by atoms with Crippen molar-refractivity contribution in [1.82, 2.24) is 20.4 Å². The zero-order valence-corrected chi connectivity index (χ0v) is 16.8. The third-order valence-corrected chi connectivity index (χ3v) is 5.05. The quantitative estimate of drug-likeness (QED) is 0.650. The Morgan fingerprint density at radius 3 is 2.59 bits per heavy atom. The molecule has 1 atom stereocenters. The molecule has 4 rings (SSSR count). The maximum Gasteiger partial charge on any atom is 0.221 e. The highest BCUT2D eigenvalue weighted by atomic mass is 35.5. The number of carbonyl (C=O) groups excluding carboxylic acids is 1. The molecular formula is C22H24ClFN4O. The molecule has 1 aromatic heterocycles. The molecule has 152 valence electrons. The number of fused-ring (bicyclic) bond motifs is 1. The summed E-state index contributed by atoms with van der Waals surface area (Å²) in [5.41, 5.74) is 3.97. The molecule has 0 radical (unpaired) electrons. The zero-order chi connectivity index (χ0) is 19.3. The molecule has 0 spiro atoms. The first-order valence-corrected chi connectivity index (χ1v) is 9.52. The maximum atomic E-state index is 13.3. The van der Waals surface area contributed by atoms with Crippen LogP contribution in [0.2, 0.25) is 0 Å². The predicted octanol–water partition coefficient (Wildman–Crippen LogP) is 3.39. The maximum absolute atomic E-state index is 13.3. The van der Waals surface area contributed by atoms with Gasteiger partial charge in [-0.3, -0.25) is 9.48 Å². The lowest BCUT2D eigenvalue weighted by atomic mass is 9.88. The Balaban J connectivity index is 0.00000240. The number of aromatic nitrogens is 2. The average molecular weight is 415 g/mol. The Morgan fingerprint density at radius 1 is 1.14 bits per heavy atom. The molecule has 2 heterocycles. The number of halogens is 2. The molecule has 1 aliphatic heterocycles. The molecule has 1 amide bonds. The van der Waals surface area contributed by atoms with Gasteiger partial charge in [-0.25, -0.2) is 4.39 Å². The van der Waals surface area contributed by atoms with E-state index in [0.717, 1.165) is 42.1 Å². The Hall–Kier alpha value is -2.70. The fraction of sp³-hybridized carbons (Fsp3) is 0.273. The van der Waals surface area contributed by atoms with E-state index in [4.69, 9.17) is 0 Å². The van der Waals surface area contributed by atoms with Crippen molar-refractivity contribution < 1.29 is 9.18 Å². The number of carbonyl (C=O) groups is 1. The second-order valence-electron chi connectivity index (χ2n) is 7.02. The minimum absolute atomic E-state index is 0. The zero-order valence-electron chi connectivity index (χ0n) is 16.0. The van der Waals surface area contributed by atoms with E-state index < -0.39 is 0 Å². The molecular weight excluding hydrogens is 391 g/mol. The normalized spacial score (nSPS) is 13.8. The molecule has 0 bridgehead atoms. The summed E-state index contributed by atoms with van der Waals surface area (Å²) in [4.78, 5) is 12.7. The fourth-order valence-electron chi connectivity index (χ4n) is 3.59. The van der Waals surface area contributed by atoms with Crippen molar-refractivity contribution in [3.8, 4) is 0 Å². The van der Waals surface area contributed by atoms with Crippen LogP contribution >= 0.6 is 12.4 Å². The van der Waals surface area contributed by atoms with Crippen molar-refractivity contribution >= 4 is 18.3 Å². The first kappa shape index (κ1) is 21.0. The second kappa shape index (κ2) is 9.67. The molecule has 1 aliphatic rings. The largest absolute Gasteiger partial charge is 0.350 e. The third-order valence-electron chi connectivity index (χ3n) is 5.05. The average Bonchev–Trinajstić information content (AvgIpc) is 3.15. The summed E-state index contributed by atoms with van der Waals surface area (Å²) >= 11 is 0. The van der Waals surface area contributed by atoms with Crippen molar-refractivity contribution in [1.29, 1.82) is 0 Å². The van der Waals surface area contributed by atoms with Gasteiger partial charge in [-0.2, -0.15) is 5.10 Å². The van der Waals surface area contributed by atoms with E-state index in [-0.39, 0.29) is 30.0 Å². The Bertz CT molecular complexity index is 920. The number of benzene rings is 2. The summed E-state index contributed by atoms with van der Waals surface area (Å²) in [6, 6.07) is 18.2. The van der Waals surface area contributed by atoms with Crippen LogP contribution in [0.1, 0.15) is 34.9 Å². The van der Waals surface area contributed by atoms with E-state index in [1.54, 1.807) is 12.1 Å². The van der Waals surface area contributed by atoms with Crippen molar-refractivity contribution in [2.45, 2.75) is 32.0 Å². The van der Waals surface area contributed by atoms with Crippen LogP contribution in [0.15, 0.2) is 60.7 Å². The van der Waals surface area contributed by atoms with Crippen LogP contribution in [0, 0.1) is 5.82 Å². The van der Waals surface area contributed by atoms with Gasteiger partial charge in [0.25, 0.3) is 0 Å². The number of hydrogen-bond acceptors (Lipinski definition) is 3. The van der Waals surface area contributed by atoms with Crippen LogP contribution in [0.25, 0.3) is 0 Å². The molecule has 0 aliphatic carbocycles. The summed E-state index contributed by atoms with van der Waals surface area (Å²) in [6.45, 7) is 2.98. The highest BCUT2D eigenvalue weighted by molar-refractivity contribution is 5.85. The Morgan fingerprint density at radius 2 is 1.86 bits per heavy atom. The van der Waals surface area contributed by atoms with Gasteiger partial charge in [-0.05, 0) is 29.3 Å². The van der Waals surface area contributed by atoms with Crippen LogP contribution < -0.4 is 10.6 Å².